The van der Waals surface area contributed by atoms with Crippen molar-refractivity contribution in [3.63, 3.8) is 0 Å². The van der Waals surface area contributed by atoms with Gasteiger partial charge in [0.15, 0.2) is 0 Å². The predicted molar refractivity (Wildman–Crippen MR) is 82.4 cm³/mol. The Hall–Kier alpha value is -1.84. The summed E-state index contributed by atoms with van der Waals surface area (Å²) in [6.07, 6.45) is 6.30. The molecule has 20 heavy (non-hydrogen) atoms. The maximum absolute atomic E-state index is 11.7. The van der Waals surface area contributed by atoms with E-state index in [1.165, 1.54) is 19.3 Å². The molecule has 0 saturated carbocycles. The van der Waals surface area contributed by atoms with Gasteiger partial charge in [0, 0.05) is 12.1 Å². The van der Waals surface area contributed by atoms with Crippen LogP contribution in [0.4, 0.5) is 5.69 Å². The zero-order valence-corrected chi connectivity index (χ0v) is 12.4. The number of nitrogens with zero attached hydrogens (tertiary/aromatic N) is 1. The Morgan fingerprint density at radius 3 is 2.40 bits per heavy atom. The second kappa shape index (κ2) is 9.13. The molecule has 0 atom stereocenters. The molecule has 0 radical (unpaired) electrons. The molecule has 0 unspecified atom stereocenters. The number of amides is 1. The first-order valence-electron chi connectivity index (χ1n) is 7.26. The fourth-order valence-corrected chi connectivity index (χ4v) is 1.97. The van der Waals surface area contributed by atoms with E-state index < -0.39 is 0 Å². The van der Waals surface area contributed by atoms with Crippen molar-refractivity contribution in [2.75, 3.05) is 5.32 Å². The van der Waals surface area contributed by atoms with Crippen molar-refractivity contribution in [2.24, 2.45) is 5.16 Å². The Morgan fingerprint density at radius 2 is 1.80 bits per heavy atom. The SMILES string of the molecule is CCCCCCCC(=O)Nc1ccc(/C(C)=N/O)cc1. The first-order valence-corrected chi connectivity index (χ1v) is 7.26. The second-order valence-electron chi connectivity index (χ2n) is 4.98. The van der Waals surface area contributed by atoms with Crippen molar-refractivity contribution in [3.8, 4) is 0 Å². The molecule has 0 spiro atoms. The van der Waals surface area contributed by atoms with Crippen molar-refractivity contribution < 1.29 is 10.0 Å². The topological polar surface area (TPSA) is 61.7 Å². The van der Waals surface area contributed by atoms with Crippen LogP contribution in [0, 0.1) is 0 Å². The number of nitrogens with one attached hydrogen (secondary N) is 1. The highest BCUT2D eigenvalue weighted by atomic mass is 16.4. The first-order chi connectivity index (χ1) is 9.67. The molecule has 0 aliphatic carbocycles. The van der Waals surface area contributed by atoms with Crippen molar-refractivity contribution in [2.45, 2.75) is 52.4 Å². The summed E-state index contributed by atoms with van der Waals surface area (Å²) in [6.45, 7) is 3.91. The summed E-state index contributed by atoms with van der Waals surface area (Å²) in [6, 6.07) is 7.29. The van der Waals surface area contributed by atoms with E-state index in [9.17, 15) is 4.79 Å². The molecule has 0 saturated heterocycles. The van der Waals surface area contributed by atoms with Gasteiger partial charge in [-0.1, -0.05) is 49.9 Å². The van der Waals surface area contributed by atoms with Gasteiger partial charge in [0.25, 0.3) is 0 Å². The van der Waals surface area contributed by atoms with Gasteiger partial charge < -0.3 is 10.5 Å². The van der Waals surface area contributed by atoms with Crippen LogP contribution in [0.25, 0.3) is 0 Å². The lowest BCUT2D eigenvalue weighted by Gasteiger charge is -2.06. The molecule has 1 rings (SSSR count). The van der Waals surface area contributed by atoms with Gasteiger partial charge in [-0.25, -0.2) is 0 Å². The van der Waals surface area contributed by atoms with Crippen molar-refractivity contribution >= 4 is 17.3 Å². The Kier molecular flexibility index (Phi) is 7.40. The van der Waals surface area contributed by atoms with Crippen LogP contribution in [0.15, 0.2) is 29.4 Å². The van der Waals surface area contributed by atoms with Crippen LogP contribution in [-0.4, -0.2) is 16.8 Å². The average Bonchev–Trinajstić information content (AvgIpc) is 2.47. The van der Waals surface area contributed by atoms with Crippen molar-refractivity contribution in [1.29, 1.82) is 0 Å². The molecule has 4 heteroatoms. The van der Waals surface area contributed by atoms with Crippen LogP contribution in [-0.2, 0) is 4.79 Å². The van der Waals surface area contributed by atoms with E-state index in [-0.39, 0.29) is 5.91 Å². The molecule has 0 aromatic heterocycles. The quantitative estimate of drug-likeness (QED) is 0.324. The van der Waals surface area contributed by atoms with Crippen LogP contribution in [0.1, 0.15) is 57.9 Å². The molecule has 4 nitrogen and oxygen atoms in total. The Balaban J connectivity index is 2.35. The maximum Gasteiger partial charge on any atom is 0.224 e. The number of benzene rings is 1. The average molecular weight is 276 g/mol. The molecule has 0 heterocycles. The van der Waals surface area contributed by atoms with Crippen LogP contribution < -0.4 is 5.32 Å². The maximum atomic E-state index is 11.7. The summed E-state index contributed by atoms with van der Waals surface area (Å²) >= 11 is 0. The second-order valence-corrected chi connectivity index (χ2v) is 4.98. The standard InChI is InChI=1S/C16H24N2O2/c1-3-4-5-6-7-8-16(19)17-15-11-9-14(10-12-15)13(2)18-20/h9-12,20H,3-8H2,1-2H3,(H,17,19)/b18-13+. The molecular formula is C16H24N2O2. The van der Waals surface area contributed by atoms with E-state index in [1.807, 2.05) is 24.3 Å². The number of carbonyl (C=O) groups excluding carboxylic acids is 1. The molecular weight excluding hydrogens is 252 g/mol. The number of carbonyl (C=O) groups is 1. The minimum Gasteiger partial charge on any atom is -0.411 e. The summed E-state index contributed by atoms with van der Waals surface area (Å²) < 4.78 is 0. The van der Waals surface area contributed by atoms with Gasteiger partial charge in [-0.05, 0) is 31.0 Å². The number of unbranched alkanes of at least 4 members (excludes halogenated alkanes) is 4. The highest BCUT2D eigenvalue weighted by Gasteiger charge is 2.03. The van der Waals surface area contributed by atoms with Crippen LogP contribution in [0.3, 0.4) is 0 Å². The molecule has 1 aromatic rings. The zero-order valence-electron chi connectivity index (χ0n) is 12.4. The molecule has 1 aromatic carbocycles. The predicted octanol–water partition coefficient (Wildman–Crippen LogP) is 4.18. The van der Waals surface area contributed by atoms with Gasteiger partial charge >= 0.3 is 0 Å². The lowest BCUT2D eigenvalue weighted by Crippen LogP contribution is -2.11. The largest absolute Gasteiger partial charge is 0.411 e. The number of rotatable bonds is 8. The highest BCUT2D eigenvalue weighted by Crippen LogP contribution is 2.12. The minimum absolute atomic E-state index is 0.0572. The normalized spacial score (nSPS) is 11.4. The van der Waals surface area contributed by atoms with Gasteiger partial charge in [0.1, 0.15) is 0 Å². The minimum atomic E-state index is 0.0572. The molecule has 110 valence electrons. The van der Waals surface area contributed by atoms with E-state index >= 15 is 0 Å². The van der Waals surface area contributed by atoms with Crippen LogP contribution >= 0.6 is 0 Å². The Morgan fingerprint density at radius 1 is 1.15 bits per heavy atom. The third kappa shape index (κ3) is 5.87. The van der Waals surface area contributed by atoms with E-state index in [1.54, 1.807) is 6.92 Å². The summed E-state index contributed by atoms with van der Waals surface area (Å²) in [5.74, 6) is 0.0572. The number of anilines is 1. The zero-order chi connectivity index (χ0) is 14.8. The summed E-state index contributed by atoms with van der Waals surface area (Å²) in [5.41, 5.74) is 2.17. The van der Waals surface area contributed by atoms with E-state index in [0.29, 0.717) is 12.1 Å². The fraction of sp³-hybridized carbons (Fsp3) is 0.500. The molecule has 2 N–H and O–H groups in total. The van der Waals surface area contributed by atoms with E-state index in [4.69, 9.17) is 5.21 Å². The highest BCUT2D eigenvalue weighted by molar-refractivity contribution is 5.99. The van der Waals surface area contributed by atoms with E-state index in [2.05, 4.69) is 17.4 Å². The van der Waals surface area contributed by atoms with Gasteiger partial charge in [0.2, 0.25) is 5.91 Å². The Bertz CT molecular complexity index is 438. The van der Waals surface area contributed by atoms with Crippen molar-refractivity contribution in [3.05, 3.63) is 29.8 Å². The summed E-state index contributed by atoms with van der Waals surface area (Å²) in [4.78, 5) is 11.7. The summed E-state index contributed by atoms with van der Waals surface area (Å²) in [7, 11) is 0. The molecule has 1 amide bonds. The van der Waals surface area contributed by atoms with Gasteiger partial charge in [-0.2, -0.15) is 0 Å². The van der Waals surface area contributed by atoms with Gasteiger partial charge in [-0.15, -0.1) is 0 Å². The molecule has 0 bridgehead atoms. The summed E-state index contributed by atoms with van der Waals surface area (Å²) in [5, 5.41) is 14.7. The number of oxime groups is 1. The van der Waals surface area contributed by atoms with Gasteiger partial charge in [-0.3, -0.25) is 4.79 Å². The lowest BCUT2D eigenvalue weighted by molar-refractivity contribution is -0.116. The lowest BCUT2D eigenvalue weighted by atomic mass is 10.1. The molecule has 0 aliphatic heterocycles. The molecule has 0 aliphatic rings. The smallest absolute Gasteiger partial charge is 0.224 e. The number of hydrogen-bond donors (Lipinski definition) is 2. The fourth-order valence-electron chi connectivity index (χ4n) is 1.97. The number of hydrogen-bond acceptors (Lipinski definition) is 3. The van der Waals surface area contributed by atoms with Crippen molar-refractivity contribution in [1.82, 2.24) is 0 Å². The first kappa shape index (κ1) is 16.2. The Labute approximate surface area is 120 Å². The van der Waals surface area contributed by atoms with Crippen LogP contribution in [0.2, 0.25) is 0 Å². The van der Waals surface area contributed by atoms with E-state index in [0.717, 1.165) is 24.1 Å². The molecule has 0 fully saturated rings. The third-order valence-corrected chi connectivity index (χ3v) is 3.24. The van der Waals surface area contributed by atoms with Crippen LogP contribution in [0.5, 0.6) is 0 Å². The monoisotopic (exact) mass is 276 g/mol. The third-order valence-electron chi connectivity index (χ3n) is 3.24. The van der Waals surface area contributed by atoms with Gasteiger partial charge in [0.05, 0.1) is 5.71 Å².